The summed E-state index contributed by atoms with van der Waals surface area (Å²) in [6.07, 6.45) is 4.05. The molecule has 1 atom stereocenters. The van der Waals surface area contributed by atoms with Crippen molar-refractivity contribution < 1.29 is 14.8 Å². The first-order valence-corrected chi connectivity index (χ1v) is 8.50. The predicted molar refractivity (Wildman–Crippen MR) is 101 cm³/mol. The fraction of sp³-hybridized carbons (Fsp3) is 0.200. The fourth-order valence-electron chi connectivity index (χ4n) is 3.03. The summed E-state index contributed by atoms with van der Waals surface area (Å²) in [5.74, 6) is -0.246. The van der Waals surface area contributed by atoms with E-state index in [1.165, 1.54) is 17.1 Å². The molecule has 2 amide bonds. The molecule has 1 heterocycles. The van der Waals surface area contributed by atoms with Crippen LogP contribution in [0.15, 0.2) is 54.6 Å². The van der Waals surface area contributed by atoms with Crippen LogP contribution in [0.2, 0.25) is 0 Å². The number of hydrogen-bond donors (Lipinski definition) is 4. The zero-order valence-electron chi connectivity index (χ0n) is 14.2. The molecule has 0 radical (unpaired) electrons. The highest BCUT2D eigenvalue weighted by atomic mass is 16.5. The van der Waals surface area contributed by atoms with Crippen LogP contribution in [-0.4, -0.2) is 23.6 Å². The summed E-state index contributed by atoms with van der Waals surface area (Å²) in [6.45, 7) is 0.870. The second-order valence-electron chi connectivity index (χ2n) is 6.18. The number of nitrogens with one attached hydrogen (secondary N) is 3. The van der Waals surface area contributed by atoms with E-state index in [1.807, 2.05) is 12.1 Å². The molecular formula is C20H21N3O3. The van der Waals surface area contributed by atoms with E-state index in [-0.39, 0.29) is 5.91 Å². The second kappa shape index (κ2) is 8.31. The van der Waals surface area contributed by atoms with Gasteiger partial charge in [0.15, 0.2) is 0 Å². The van der Waals surface area contributed by atoms with Gasteiger partial charge >= 0.3 is 0 Å². The minimum Gasteiger partial charge on any atom is -0.384 e. The van der Waals surface area contributed by atoms with E-state index >= 15 is 0 Å². The van der Waals surface area contributed by atoms with Gasteiger partial charge in [0, 0.05) is 36.3 Å². The molecule has 1 aliphatic heterocycles. The number of hydrogen-bond acceptors (Lipinski definition) is 4. The second-order valence-corrected chi connectivity index (χ2v) is 6.18. The van der Waals surface area contributed by atoms with E-state index in [4.69, 9.17) is 5.21 Å². The number of anilines is 2. The number of carbonyl (C=O) groups excluding carboxylic acids is 2. The molecule has 0 aliphatic carbocycles. The van der Waals surface area contributed by atoms with Crippen molar-refractivity contribution in [3.05, 3.63) is 65.7 Å². The van der Waals surface area contributed by atoms with Crippen LogP contribution in [0.3, 0.4) is 0 Å². The van der Waals surface area contributed by atoms with Crippen LogP contribution in [0.5, 0.6) is 0 Å². The minimum absolute atomic E-state index is 0.0164. The Labute approximate surface area is 151 Å². The van der Waals surface area contributed by atoms with E-state index in [0.717, 1.165) is 24.2 Å². The molecule has 2 aromatic rings. The highest BCUT2D eigenvalue weighted by Gasteiger charge is 2.21. The molecule has 0 spiro atoms. The van der Waals surface area contributed by atoms with Crippen molar-refractivity contribution >= 4 is 29.3 Å². The average molecular weight is 351 g/mol. The third-order valence-corrected chi connectivity index (χ3v) is 4.39. The van der Waals surface area contributed by atoms with Crippen LogP contribution in [0.4, 0.5) is 11.4 Å². The molecule has 1 unspecified atom stereocenters. The molecule has 0 aromatic heterocycles. The zero-order chi connectivity index (χ0) is 18.4. The van der Waals surface area contributed by atoms with E-state index in [2.05, 4.69) is 22.8 Å². The highest BCUT2D eigenvalue weighted by Crippen LogP contribution is 2.33. The lowest BCUT2D eigenvalue weighted by Gasteiger charge is -2.10. The monoisotopic (exact) mass is 351 g/mol. The van der Waals surface area contributed by atoms with Crippen LogP contribution in [0, 0.1) is 0 Å². The summed E-state index contributed by atoms with van der Waals surface area (Å²) in [5.41, 5.74) is 5.48. The summed E-state index contributed by atoms with van der Waals surface area (Å²) in [7, 11) is 0. The van der Waals surface area contributed by atoms with Gasteiger partial charge in [-0.2, -0.15) is 0 Å². The summed E-state index contributed by atoms with van der Waals surface area (Å²) >= 11 is 0. The van der Waals surface area contributed by atoms with Gasteiger partial charge in [0.25, 0.3) is 5.91 Å². The number of para-hydroxylation sites is 1. The third-order valence-electron chi connectivity index (χ3n) is 4.39. The topological polar surface area (TPSA) is 90.5 Å². The van der Waals surface area contributed by atoms with Gasteiger partial charge in [0.2, 0.25) is 5.91 Å². The SMILES string of the molecule is O=C(/C=C/c1ccc(NC(=O)CCC2CNc3ccccc32)cc1)NO. The van der Waals surface area contributed by atoms with Crippen LogP contribution >= 0.6 is 0 Å². The lowest BCUT2D eigenvalue weighted by atomic mass is 9.96. The molecule has 6 nitrogen and oxygen atoms in total. The Morgan fingerprint density at radius 1 is 1.15 bits per heavy atom. The summed E-state index contributed by atoms with van der Waals surface area (Å²) < 4.78 is 0. The number of hydroxylamine groups is 1. The minimum atomic E-state index is -0.592. The summed E-state index contributed by atoms with van der Waals surface area (Å²) in [5, 5.41) is 14.7. The number of carbonyl (C=O) groups is 2. The van der Waals surface area contributed by atoms with Gasteiger partial charge in [-0.1, -0.05) is 30.3 Å². The smallest absolute Gasteiger partial charge is 0.267 e. The van der Waals surface area contributed by atoms with Gasteiger partial charge < -0.3 is 10.6 Å². The van der Waals surface area contributed by atoms with Crippen molar-refractivity contribution in [3.63, 3.8) is 0 Å². The van der Waals surface area contributed by atoms with Gasteiger partial charge in [-0.25, -0.2) is 5.48 Å². The van der Waals surface area contributed by atoms with Crippen LogP contribution < -0.4 is 16.1 Å². The van der Waals surface area contributed by atoms with Gasteiger partial charge in [0.1, 0.15) is 0 Å². The number of amides is 2. The molecule has 26 heavy (non-hydrogen) atoms. The van der Waals surface area contributed by atoms with Crippen molar-refractivity contribution in [1.29, 1.82) is 0 Å². The number of benzene rings is 2. The van der Waals surface area contributed by atoms with Crippen molar-refractivity contribution in [2.45, 2.75) is 18.8 Å². The summed E-state index contributed by atoms with van der Waals surface area (Å²) in [6, 6.07) is 15.3. The van der Waals surface area contributed by atoms with Gasteiger partial charge in [-0.3, -0.25) is 14.8 Å². The molecular weight excluding hydrogens is 330 g/mol. The molecule has 0 bridgehead atoms. The molecule has 0 saturated heterocycles. The Balaban J connectivity index is 1.49. The zero-order valence-corrected chi connectivity index (χ0v) is 14.2. The summed E-state index contributed by atoms with van der Waals surface area (Å²) in [4.78, 5) is 23.1. The first-order valence-electron chi connectivity index (χ1n) is 8.50. The highest BCUT2D eigenvalue weighted by molar-refractivity contribution is 5.92. The maximum Gasteiger partial charge on any atom is 0.267 e. The molecule has 0 fully saturated rings. The molecule has 0 saturated carbocycles. The van der Waals surface area contributed by atoms with Gasteiger partial charge in [-0.15, -0.1) is 0 Å². The van der Waals surface area contributed by atoms with Gasteiger partial charge in [-0.05, 0) is 41.8 Å². The Morgan fingerprint density at radius 3 is 2.69 bits per heavy atom. The number of rotatable bonds is 6. The van der Waals surface area contributed by atoms with E-state index < -0.39 is 5.91 Å². The van der Waals surface area contributed by atoms with Crippen LogP contribution in [0.25, 0.3) is 6.08 Å². The van der Waals surface area contributed by atoms with Crippen molar-refractivity contribution in [2.75, 3.05) is 17.2 Å². The lowest BCUT2D eigenvalue weighted by Crippen LogP contribution is -2.14. The molecule has 4 N–H and O–H groups in total. The molecule has 6 heteroatoms. The van der Waals surface area contributed by atoms with Crippen LogP contribution in [-0.2, 0) is 9.59 Å². The Morgan fingerprint density at radius 2 is 1.92 bits per heavy atom. The van der Waals surface area contributed by atoms with Gasteiger partial charge in [0.05, 0.1) is 0 Å². The van der Waals surface area contributed by atoms with E-state index in [1.54, 1.807) is 30.3 Å². The van der Waals surface area contributed by atoms with E-state index in [0.29, 0.717) is 18.0 Å². The maximum atomic E-state index is 12.2. The maximum absolute atomic E-state index is 12.2. The molecule has 3 rings (SSSR count). The van der Waals surface area contributed by atoms with Crippen molar-refractivity contribution in [2.24, 2.45) is 0 Å². The number of fused-ring (bicyclic) bond motifs is 1. The predicted octanol–water partition coefficient (Wildman–Crippen LogP) is 3.13. The third kappa shape index (κ3) is 4.49. The lowest BCUT2D eigenvalue weighted by molar-refractivity contribution is -0.124. The normalized spacial score (nSPS) is 15.3. The Hall–Kier alpha value is -3.12. The quantitative estimate of drug-likeness (QED) is 0.366. The molecule has 134 valence electrons. The molecule has 1 aliphatic rings. The van der Waals surface area contributed by atoms with E-state index in [9.17, 15) is 9.59 Å². The molecule has 2 aromatic carbocycles. The fourth-order valence-corrected chi connectivity index (χ4v) is 3.03. The van der Waals surface area contributed by atoms with Crippen LogP contribution in [0.1, 0.15) is 29.9 Å². The average Bonchev–Trinajstić information content (AvgIpc) is 3.09. The van der Waals surface area contributed by atoms with Crippen molar-refractivity contribution in [3.8, 4) is 0 Å². The largest absolute Gasteiger partial charge is 0.384 e. The Bertz CT molecular complexity index is 815. The van der Waals surface area contributed by atoms with Crippen molar-refractivity contribution in [1.82, 2.24) is 5.48 Å². The Kier molecular flexibility index (Phi) is 5.66. The first-order chi connectivity index (χ1) is 12.7. The standard InChI is InChI=1S/C20H21N3O3/c24-19(12-8-15-13-21-18-4-2-1-3-17(15)18)22-16-9-5-14(6-10-16)7-11-20(25)23-26/h1-7,9-11,15,21,26H,8,12-13H2,(H,22,24)(H,23,25)/b11-7+. The first kappa shape index (κ1) is 17.7.